The highest BCUT2D eigenvalue weighted by Crippen LogP contribution is 2.33. The molecule has 3 aliphatic rings. The molecular weight excluding hydrogens is 464 g/mol. The molecule has 200 valence electrons. The molecule has 0 radical (unpaired) electrons. The Balaban J connectivity index is 1.72. The molecule has 0 saturated carbocycles. The van der Waals surface area contributed by atoms with E-state index in [0.717, 1.165) is 0 Å². The third kappa shape index (κ3) is 5.40. The second-order valence-corrected chi connectivity index (χ2v) is 9.02. The zero-order chi connectivity index (χ0) is 25.3. The third-order valence-electron chi connectivity index (χ3n) is 6.75. The summed E-state index contributed by atoms with van der Waals surface area (Å²) >= 11 is 0. The molecule has 0 amide bonds. The minimum Gasteiger partial charge on any atom is -0.394 e. The molecule has 0 aromatic rings. The number of aliphatic hydroxyl groups excluding tert-OH is 9. The van der Waals surface area contributed by atoms with Gasteiger partial charge in [-0.1, -0.05) is 6.92 Å². The highest BCUT2D eigenvalue weighted by atomic mass is 16.7. The Bertz CT molecular complexity index is 634. The van der Waals surface area contributed by atoms with Gasteiger partial charge in [-0.05, 0) is 6.92 Å². The van der Waals surface area contributed by atoms with Crippen molar-refractivity contribution in [1.82, 2.24) is 0 Å². The van der Waals surface area contributed by atoms with Crippen molar-refractivity contribution in [2.75, 3.05) is 19.8 Å². The first-order chi connectivity index (χ1) is 16.0. The maximum absolute atomic E-state index is 10.7. The zero-order valence-corrected chi connectivity index (χ0v) is 18.8. The van der Waals surface area contributed by atoms with E-state index in [2.05, 4.69) is 0 Å². The number of hydrogen-bond donors (Lipinski definition) is 9. The van der Waals surface area contributed by atoms with E-state index in [4.69, 9.17) is 23.7 Å². The highest BCUT2D eigenvalue weighted by molar-refractivity contribution is 4.96. The Hall–Kier alpha value is -0.560. The molecule has 3 fully saturated rings. The fraction of sp³-hybridized carbons (Fsp3) is 1.00. The summed E-state index contributed by atoms with van der Waals surface area (Å²) in [6, 6.07) is 0. The average molecular weight is 500 g/mol. The van der Waals surface area contributed by atoms with Crippen molar-refractivity contribution in [3.05, 3.63) is 0 Å². The van der Waals surface area contributed by atoms with Gasteiger partial charge >= 0.3 is 0 Å². The standard InChI is InChI=1S/C20H36O14/c1-6-8(3-21)31-19(15(28)11(6)24)34-18-10(5-23)32-20(16(29)14(18)27)33-17-9(4-22)30-7(2)12(25)13(17)26/h6-29H,3-5H2,1-2H3. The van der Waals surface area contributed by atoms with Crippen LogP contribution in [0.15, 0.2) is 0 Å². The van der Waals surface area contributed by atoms with Crippen LogP contribution in [0.3, 0.4) is 0 Å². The summed E-state index contributed by atoms with van der Waals surface area (Å²) in [6.45, 7) is 1.27. The van der Waals surface area contributed by atoms with Crippen LogP contribution in [0, 0.1) is 5.92 Å². The summed E-state index contributed by atoms with van der Waals surface area (Å²) in [5.74, 6) is -0.619. The normalized spacial score (nSPS) is 52.5. The van der Waals surface area contributed by atoms with E-state index in [0.29, 0.717) is 0 Å². The smallest absolute Gasteiger partial charge is 0.187 e. The molecule has 0 aromatic carbocycles. The van der Waals surface area contributed by atoms with Gasteiger partial charge in [0.1, 0.15) is 54.9 Å². The fourth-order valence-electron chi connectivity index (χ4n) is 4.47. The number of aliphatic hydroxyl groups is 9. The van der Waals surface area contributed by atoms with Crippen LogP contribution in [0.5, 0.6) is 0 Å². The molecule has 3 heterocycles. The van der Waals surface area contributed by atoms with Crippen molar-refractivity contribution in [2.24, 2.45) is 5.92 Å². The van der Waals surface area contributed by atoms with Crippen molar-refractivity contribution < 1.29 is 69.6 Å². The first-order valence-electron chi connectivity index (χ1n) is 11.2. The summed E-state index contributed by atoms with van der Waals surface area (Å²) in [7, 11) is 0. The molecule has 3 aliphatic heterocycles. The van der Waals surface area contributed by atoms with Crippen LogP contribution in [-0.2, 0) is 23.7 Å². The summed E-state index contributed by atoms with van der Waals surface area (Å²) in [4.78, 5) is 0. The first-order valence-corrected chi connectivity index (χ1v) is 11.2. The van der Waals surface area contributed by atoms with Crippen molar-refractivity contribution in [3.8, 4) is 0 Å². The highest BCUT2D eigenvalue weighted by Gasteiger charge is 2.52. The molecule has 0 spiro atoms. The molecule has 0 bridgehead atoms. The summed E-state index contributed by atoms with van der Waals surface area (Å²) in [6.07, 6.45) is -19.3. The lowest BCUT2D eigenvalue weighted by molar-refractivity contribution is -0.370. The molecule has 9 N–H and O–H groups in total. The lowest BCUT2D eigenvalue weighted by atomic mass is 9.91. The van der Waals surface area contributed by atoms with Crippen LogP contribution in [0.1, 0.15) is 13.8 Å². The van der Waals surface area contributed by atoms with E-state index in [-0.39, 0.29) is 0 Å². The van der Waals surface area contributed by atoms with Gasteiger partial charge in [0.05, 0.1) is 38.1 Å². The van der Waals surface area contributed by atoms with Gasteiger partial charge < -0.3 is 69.6 Å². The van der Waals surface area contributed by atoms with Crippen molar-refractivity contribution in [3.63, 3.8) is 0 Å². The Morgan fingerprint density at radius 1 is 0.529 bits per heavy atom. The summed E-state index contributed by atoms with van der Waals surface area (Å²) < 4.78 is 27.5. The molecule has 14 heteroatoms. The van der Waals surface area contributed by atoms with E-state index in [1.54, 1.807) is 6.92 Å². The van der Waals surface area contributed by atoms with Gasteiger partial charge in [0.2, 0.25) is 0 Å². The van der Waals surface area contributed by atoms with Crippen molar-refractivity contribution >= 4 is 0 Å². The number of hydrogen-bond acceptors (Lipinski definition) is 14. The molecule has 3 rings (SSSR count). The van der Waals surface area contributed by atoms with E-state index in [1.165, 1.54) is 6.92 Å². The van der Waals surface area contributed by atoms with Gasteiger partial charge in [-0.15, -0.1) is 0 Å². The Kier molecular flexibility index (Phi) is 9.61. The maximum Gasteiger partial charge on any atom is 0.187 e. The predicted molar refractivity (Wildman–Crippen MR) is 108 cm³/mol. The van der Waals surface area contributed by atoms with Gasteiger partial charge in [-0.3, -0.25) is 0 Å². The first kappa shape index (κ1) is 28.0. The molecule has 0 aromatic heterocycles. The minimum atomic E-state index is -1.80. The van der Waals surface area contributed by atoms with Gasteiger partial charge in [0, 0.05) is 5.92 Å². The van der Waals surface area contributed by atoms with Crippen LogP contribution >= 0.6 is 0 Å². The maximum atomic E-state index is 10.7. The van der Waals surface area contributed by atoms with Crippen molar-refractivity contribution in [2.45, 2.75) is 99.7 Å². The van der Waals surface area contributed by atoms with Crippen molar-refractivity contribution in [1.29, 1.82) is 0 Å². The molecule has 0 aliphatic carbocycles. The molecule has 14 nitrogen and oxygen atoms in total. The molecular formula is C20H36O14. The van der Waals surface area contributed by atoms with Crippen LogP contribution in [0.2, 0.25) is 0 Å². The Morgan fingerprint density at radius 3 is 1.44 bits per heavy atom. The third-order valence-corrected chi connectivity index (χ3v) is 6.75. The van der Waals surface area contributed by atoms with E-state index < -0.39 is 112 Å². The van der Waals surface area contributed by atoms with Gasteiger partial charge in [-0.2, -0.15) is 0 Å². The molecule has 15 unspecified atom stereocenters. The van der Waals surface area contributed by atoms with Gasteiger partial charge in [-0.25, -0.2) is 0 Å². The average Bonchev–Trinajstić information content (AvgIpc) is 2.83. The SMILES string of the molecule is CC1OC(CO)C(OC2OC(CO)C(OC3OC(CO)C(C)C(O)C3O)C(O)C2O)C(O)C1O. The summed E-state index contributed by atoms with van der Waals surface area (Å²) in [5, 5.41) is 91.1. The largest absolute Gasteiger partial charge is 0.394 e. The monoisotopic (exact) mass is 500 g/mol. The van der Waals surface area contributed by atoms with Crippen LogP contribution in [-0.4, -0.2) is 152 Å². The molecule has 15 atom stereocenters. The van der Waals surface area contributed by atoms with Gasteiger partial charge in [0.15, 0.2) is 12.6 Å². The zero-order valence-electron chi connectivity index (χ0n) is 18.8. The molecule has 3 saturated heterocycles. The molecule has 34 heavy (non-hydrogen) atoms. The number of ether oxygens (including phenoxy) is 5. The van der Waals surface area contributed by atoms with Crippen LogP contribution in [0.4, 0.5) is 0 Å². The van der Waals surface area contributed by atoms with Crippen LogP contribution < -0.4 is 0 Å². The van der Waals surface area contributed by atoms with Crippen LogP contribution in [0.25, 0.3) is 0 Å². The fourth-order valence-corrected chi connectivity index (χ4v) is 4.47. The lowest BCUT2D eigenvalue weighted by Gasteiger charge is -2.48. The van der Waals surface area contributed by atoms with E-state index in [1.807, 2.05) is 0 Å². The Morgan fingerprint density at radius 2 is 0.941 bits per heavy atom. The quantitative estimate of drug-likeness (QED) is 0.159. The second-order valence-electron chi connectivity index (χ2n) is 9.02. The topological polar surface area (TPSA) is 228 Å². The lowest BCUT2D eigenvalue weighted by Crippen LogP contribution is -2.66. The van der Waals surface area contributed by atoms with Gasteiger partial charge in [0.25, 0.3) is 0 Å². The minimum absolute atomic E-state index is 0.473. The second kappa shape index (κ2) is 11.7. The Labute approximate surface area is 195 Å². The summed E-state index contributed by atoms with van der Waals surface area (Å²) in [5.41, 5.74) is 0. The van der Waals surface area contributed by atoms with E-state index >= 15 is 0 Å². The number of rotatable bonds is 7. The predicted octanol–water partition coefficient (Wildman–Crippen LogP) is -5.23. The van der Waals surface area contributed by atoms with E-state index in [9.17, 15) is 46.0 Å².